The molecule has 0 saturated carbocycles. The minimum atomic E-state index is 0.231. The van der Waals surface area contributed by atoms with Crippen LogP contribution >= 0.6 is 0 Å². The number of likely N-dealkylation sites (tertiary alicyclic amines) is 1. The van der Waals surface area contributed by atoms with E-state index in [1.165, 1.54) is 24.1 Å². The Bertz CT molecular complexity index is 433. The number of aryl methyl sites for hydroxylation is 1. The first kappa shape index (κ1) is 14.4. The molecule has 19 heavy (non-hydrogen) atoms. The average molecular weight is 262 g/mol. The number of hydrogen-bond acceptors (Lipinski definition) is 3. The first-order valence-electron chi connectivity index (χ1n) is 7.15. The first-order chi connectivity index (χ1) is 9.12. The van der Waals surface area contributed by atoms with E-state index in [9.17, 15) is 0 Å². The molecule has 1 aliphatic rings. The molecule has 1 N–H and O–H groups in total. The fourth-order valence-corrected chi connectivity index (χ4v) is 3.13. The lowest BCUT2D eigenvalue weighted by Crippen LogP contribution is -2.47. The van der Waals surface area contributed by atoms with Crippen LogP contribution in [0.4, 0.5) is 0 Å². The molecular weight excluding hydrogens is 236 g/mol. The molecule has 0 aromatic heterocycles. The van der Waals surface area contributed by atoms with Crippen molar-refractivity contribution in [3.63, 3.8) is 0 Å². The summed E-state index contributed by atoms with van der Waals surface area (Å²) in [6.45, 7) is 4.48. The highest BCUT2D eigenvalue weighted by atomic mass is 16.5. The van der Waals surface area contributed by atoms with Gasteiger partial charge < -0.3 is 15.0 Å². The molecule has 0 amide bonds. The van der Waals surface area contributed by atoms with Gasteiger partial charge in [-0.2, -0.15) is 0 Å². The quantitative estimate of drug-likeness (QED) is 0.879. The van der Waals surface area contributed by atoms with Gasteiger partial charge in [0, 0.05) is 12.1 Å². The predicted molar refractivity (Wildman–Crippen MR) is 80.0 cm³/mol. The highest BCUT2D eigenvalue weighted by molar-refractivity contribution is 5.38. The van der Waals surface area contributed by atoms with Crippen LogP contribution in [0.15, 0.2) is 18.2 Å². The fourth-order valence-electron chi connectivity index (χ4n) is 3.13. The van der Waals surface area contributed by atoms with E-state index < -0.39 is 0 Å². The van der Waals surface area contributed by atoms with E-state index in [-0.39, 0.29) is 5.54 Å². The number of nitrogens with one attached hydrogen (secondary N) is 1. The molecule has 3 nitrogen and oxygen atoms in total. The van der Waals surface area contributed by atoms with Crippen molar-refractivity contribution in [2.75, 3.05) is 34.3 Å². The molecule has 1 aromatic rings. The average Bonchev–Trinajstić information content (AvgIpc) is 2.80. The summed E-state index contributed by atoms with van der Waals surface area (Å²) in [6, 6.07) is 6.61. The summed E-state index contributed by atoms with van der Waals surface area (Å²) in [6.07, 6.45) is 3.32. The van der Waals surface area contributed by atoms with Crippen LogP contribution in [0.3, 0.4) is 0 Å². The van der Waals surface area contributed by atoms with Gasteiger partial charge in [-0.15, -0.1) is 0 Å². The van der Waals surface area contributed by atoms with Crippen molar-refractivity contribution in [2.24, 2.45) is 0 Å². The third-order valence-corrected chi connectivity index (χ3v) is 4.34. The summed E-state index contributed by atoms with van der Waals surface area (Å²) in [7, 11) is 6.03. The van der Waals surface area contributed by atoms with Crippen LogP contribution in [-0.4, -0.2) is 44.7 Å². The van der Waals surface area contributed by atoms with Crippen LogP contribution < -0.4 is 10.1 Å². The van der Waals surface area contributed by atoms with Gasteiger partial charge in [0.2, 0.25) is 0 Å². The van der Waals surface area contributed by atoms with E-state index in [1.54, 1.807) is 7.11 Å². The van der Waals surface area contributed by atoms with E-state index in [0.717, 1.165) is 25.1 Å². The van der Waals surface area contributed by atoms with Gasteiger partial charge in [-0.1, -0.05) is 19.1 Å². The lowest BCUT2D eigenvalue weighted by Gasteiger charge is -2.29. The molecule has 1 unspecified atom stereocenters. The summed E-state index contributed by atoms with van der Waals surface area (Å²) in [5.74, 6) is 1.01. The van der Waals surface area contributed by atoms with Crippen LogP contribution in [0.5, 0.6) is 5.75 Å². The molecule has 1 saturated heterocycles. The third-order valence-electron chi connectivity index (χ3n) is 4.34. The molecule has 0 radical (unpaired) electrons. The van der Waals surface area contributed by atoms with Gasteiger partial charge in [-0.05, 0) is 57.1 Å². The molecule has 106 valence electrons. The van der Waals surface area contributed by atoms with Crippen molar-refractivity contribution in [3.05, 3.63) is 29.3 Å². The summed E-state index contributed by atoms with van der Waals surface area (Å²) >= 11 is 0. The van der Waals surface area contributed by atoms with Gasteiger partial charge >= 0.3 is 0 Å². The Morgan fingerprint density at radius 2 is 2.21 bits per heavy atom. The monoisotopic (exact) mass is 262 g/mol. The summed E-state index contributed by atoms with van der Waals surface area (Å²) in [5, 5.41) is 3.55. The van der Waals surface area contributed by atoms with E-state index in [2.05, 4.69) is 49.4 Å². The molecule has 1 fully saturated rings. The minimum absolute atomic E-state index is 0.231. The summed E-state index contributed by atoms with van der Waals surface area (Å²) in [5.41, 5.74) is 2.94. The van der Waals surface area contributed by atoms with Gasteiger partial charge in [-0.3, -0.25) is 0 Å². The van der Waals surface area contributed by atoms with Gasteiger partial charge in [-0.25, -0.2) is 0 Å². The Hall–Kier alpha value is -1.06. The Morgan fingerprint density at radius 3 is 2.74 bits per heavy atom. The van der Waals surface area contributed by atoms with Crippen LogP contribution in [0, 0.1) is 0 Å². The number of rotatable bonds is 5. The van der Waals surface area contributed by atoms with Crippen LogP contribution in [0.2, 0.25) is 0 Å². The maximum atomic E-state index is 5.41. The molecular formula is C16H26N2O. The molecule has 3 heteroatoms. The van der Waals surface area contributed by atoms with E-state index in [0.29, 0.717) is 0 Å². The lowest BCUT2D eigenvalue weighted by molar-refractivity contribution is 0.326. The zero-order valence-electron chi connectivity index (χ0n) is 12.6. The number of ether oxygens (including phenoxy) is 1. The first-order valence-corrected chi connectivity index (χ1v) is 7.15. The van der Waals surface area contributed by atoms with E-state index in [1.807, 2.05) is 0 Å². The molecule has 1 heterocycles. The van der Waals surface area contributed by atoms with Crippen molar-refractivity contribution < 1.29 is 4.74 Å². The molecule has 0 bridgehead atoms. The van der Waals surface area contributed by atoms with Crippen LogP contribution in [0.1, 0.15) is 24.5 Å². The third kappa shape index (κ3) is 3.10. The van der Waals surface area contributed by atoms with Crippen molar-refractivity contribution in [1.29, 1.82) is 0 Å². The van der Waals surface area contributed by atoms with E-state index in [4.69, 9.17) is 4.74 Å². The Balaban J connectivity index is 2.18. The zero-order valence-corrected chi connectivity index (χ0v) is 12.6. The molecule has 0 aliphatic carbocycles. The molecule has 0 spiro atoms. The Morgan fingerprint density at radius 1 is 1.42 bits per heavy atom. The lowest BCUT2D eigenvalue weighted by atomic mass is 9.89. The molecule has 2 rings (SSSR count). The van der Waals surface area contributed by atoms with Crippen molar-refractivity contribution in [3.8, 4) is 5.75 Å². The topological polar surface area (TPSA) is 24.5 Å². The normalized spacial score (nSPS) is 23.8. The zero-order chi connectivity index (χ0) is 13.9. The smallest absolute Gasteiger partial charge is 0.122 e. The number of methoxy groups -OCH3 is 1. The molecule has 1 aliphatic heterocycles. The van der Waals surface area contributed by atoms with Gasteiger partial charge in [0.1, 0.15) is 5.75 Å². The summed E-state index contributed by atoms with van der Waals surface area (Å²) < 4.78 is 5.41. The van der Waals surface area contributed by atoms with Crippen LogP contribution in [-0.2, 0) is 12.8 Å². The minimum Gasteiger partial charge on any atom is -0.496 e. The second-order valence-electron chi connectivity index (χ2n) is 5.69. The molecule has 1 atom stereocenters. The highest BCUT2D eigenvalue weighted by Gasteiger charge is 2.35. The second kappa shape index (κ2) is 5.93. The van der Waals surface area contributed by atoms with Gasteiger partial charge in [0.05, 0.1) is 7.11 Å². The Labute approximate surface area is 116 Å². The van der Waals surface area contributed by atoms with Gasteiger partial charge in [0.25, 0.3) is 0 Å². The predicted octanol–water partition coefficient (Wildman–Crippen LogP) is 2.09. The largest absolute Gasteiger partial charge is 0.496 e. The summed E-state index contributed by atoms with van der Waals surface area (Å²) in [4.78, 5) is 2.40. The number of benzene rings is 1. The SMILES string of the molecule is CCc1cc(CC2(NC)CCN(C)C2)ccc1OC. The second-order valence-corrected chi connectivity index (χ2v) is 5.69. The number of likely N-dealkylation sites (N-methyl/N-ethyl adjacent to an activating group) is 2. The molecule has 1 aromatic carbocycles. The number of nitrogens with zero attached hydrogens (tertiary/aromatic N) is 1. The maximum Gasteiger partial charge on any atom is 0.122 e. The van der Waals surface area contributed by atoms with Crippen molar-refractivity contribution in [1.82, 2.24) is 10.2 Å². The van der Waals surface area contributed by atoms with Crippen molar-refractivity contribution in [2.45, 2.75) is 31.7 Å². The maximum absolute atomic E-state index is 5.41. The van der Waals surface area contributed by atoms with Crippen LogP contribution in [0.25, 0.3) is 0 Å². The van der Waals surface area contributed by atoms with Crippen molar-refractivity contribution >= 4 is 0 Å². The van der Waals surface area contributed by atoms with E-state index >= 15 is 0 Å². The standard InChI is InChI=1S/C16H26N2O/c1-5-14-10-13(6-7-15(14)19-4)11-16(17-2)8-9-18(3)12-16/h6-7,10,17H,5,8-9,11-12H2,1-4H3. The van der Waals surface area contributed by atoms with Gasteiger partial charge in [0.15, 0.2) is 0 Å². The fraction of sp³-hybridized carbons (Fsp3) is 0.625. The Kier molecular flexibility index (Phi) is 4.48. The number of hydrogen-bond donors (Lipinski definition) is 1. The highest BCUT2D eigenvalue weighted by Crippen LogP contribution is 2.27.